The molecule has 0 spiro atoms. The van der Waals surface area contributed by atoms with Gasteiger partial charge in [-0.25, -0.2) is 4.98 Å². The van der Waals surface area contributed by atoms with Gasteiger partial charge in [-0.05, 0) is 0 Å². The Bertz CT molecular complexity index is 189. The highest BCUT2D eigenvalue weighted by Crippen LogP contribution is 1.97. The van der Waals surface area contributed by atoms with Crippen molar-refractivity contribution in [2.75, 3.05) is 13.2 Å². The number of hydrogen-bond acceptors (Lipinski definition) is 3. The van der Waals surface area contributed by atoms with Gasteiger partial charge in [-0.15, -0.1) is 0 Å². The lowest BCUT2D eigenvalue weighted by Gasteiger charge is -1.90. The smallest absolute Gasteiger partial charge is 0.108 e. The molecule has 11 heavy (non-hydrogen) atoms. The Morgan fingerprint density at radius 3 is 2.64 bits per heavy atom. The highest BCUT2D eigenvalue weighted by molar-refractivity contribution is 5.01. The highest BCUT2D eigenvalue weighted by Gasteiger charge is 1.97. The molecule has 0 bridgehead atoms. The minimum atomic E-state index is 0.103. The van der Waals surface area contributed by atoms with Crippen LogP contribution in [0.3, 0.4) is 0 Å². The van der Waals surface area contributed by atoms with E-state index >= 15 is 0 Å². The zero-order valence-corrected chi connectivity index (χ0v) is 6.25. The van der Waals surface area contributed by atoms with E-state index in [4.69, 9.17) is 10.2 Å². The van der Waals surface area contributed by atoms with Crippen LogP contribution >= 0.6 is 0 Å². The number of nitrogens with one attached hydrogen (secondary N) is 1. The van der Waals surface area contributed by atoms with Gasteiger partial charge in [-0.1, -0.05) is 0 Å². The first-order valence-electron chi connectivity index (χ1n) is 3.61. The summed E-state index contributed by atoms with van der Waals surface area (Å²) in [7, 11) is 0. The summed E-state index contributed by atoms with van der Waals surface area (Å²) in [6.45, 7) is 0.229. The van der Waals surface area contributed by atoms with E-state index in [0.717, 1.165) is 11.5 Å². The van der Waals surface area contributed by atoms with E-state index in [0.29, 0.717) is 12.8 Å². The molecule has 0 radical (unpaired) electrons. The quantitative estimate of drug-likeness (QED) is 0.549. The summed E-state index contributed by atoms with van der Waals surface area (Å²) in [5.74, 6) is 0.774. The van der Waals surface area contributed by atoms with Gasteiger partial charge in [0.25, 0.3) is 0 Å². The van der Waals surface area contributed by atoms with E-state index in [1.54, 1.807) is 6.20 Å². The van der Waals surface area contributed by atoms with Crippen LogP contribution in [0, 0.1) is 0 Å². The van der Waals surface area contributed by atoms with Gasteiger partial charge in [0.05, 0.1) is 6.61 Å². The lowest BCUT2D eigenvalue weighted by atomic mass is 10.3. The van der Waals surface area contributed by atoms with E-state index in [2.05, 4.69) is 9.97 Å². The zero-order valence-electron chi connectivity index (χ0n) is 6.25. The third-order valence-corrected chi connectivity index (χ3v) is 1.41. The standard InChI is InChI=1S/C7H12N2O2/c10-3-1-6-5-8-7(9-6)2-4-11/h5,10-11H,1-4H2,(H,8,9). The van der Waals surface area contributed by atoms with Gasteiger partial charge in [0, 0.05) is 31.3 Å². The van der Waals surface area contributed by atoms with Gasteiger partial charge >= 0.3 is 0 Å². The van der Waals surface area contributed by atoms with Crippen LogP contribution in [-0.2, 0) is 12.8 Å². The van der Waals surface area contributed by atoms with Crippen molar-refractivity contribution in [2.45, 2.75) is 12.8 Å². The van der Waals surface area contributed by atoms with Gasteiger partial charge in [0.15, 0.2) is 0 Å². The van der Waals surface area contributed by atoms with Crippen molar-refractivity contribution in [1.82, 2.24) is 9.97 Å². The molecule has 0 saturated carbocycles. The largest absolute Gasteiger partial charge is 0.396 e. The van der Waals surface area contributed by atoms with Crippen LogP contribution in [0.25, 0.3) is 0 Å². The Morgan fingerprint density at radius 1 is 1.27 bits per heavy atom. The topological polar surface area (TPSA) is 69.1 Å². The fraction of sp³-hybridized carbons (Fsp3) is 0.571. The maximum atomic E-state index is 8.56. The molecule has 4 heteroatoms. The van der Waals surface area contributed by atoms with Gasteiger partial charge < -0.3 is 15.2 Å². The lowest BCUT2D eigenvalue weighted by molar-refractivity contribution is 0.295. The molecule has 3 N–H and O–H groups in total. The summed E-state index contributed by atoms with van der Waals surface area (Å²) < 4.78 is 0. The van der Waals surface area contributed by atoms with Gasteiger partial charge in [0.1, 0.15) is 5.82 Å². The van der Waals surface area contributed by atoms with E-state index < -0.39 is 0 Å². The SMILES string of the molecule is OCCc1cnc(CCO)[nH]1. The number of aliphatic hydroxyl groups is 2. The van der Waals surface area contributed by atoms with Crippen molar-refractivity contribution in [1.29, 1.82) is 0 Å². The number of nitrogens with zero attached hydrogens (tertiary/aromatic N) is 1. The Hall–Kier alpha value is -0.870. The second-order valence-electron chi connectivity index (χ2n) is 2.30. The first kappa shape index (κ1) is 8.23. The van der Waals surface area contributed by atoms with Crippen molar-refractivity contribution in [2.24, 2.45) is 0 Å². The number of aromatic nitrogens is 2. The van der Waals surface area contributed by atoms with Crippen LogP contribution in [0.4, 0.5) is 0 Å². The summed E-state index contributed by atoms with van der Waals surface area (Å²) in [6.07, 6.45) is 2.82. The molecule has 0 unspecified atom stereocenters. The van der Waals surface area contributed by atoms with Crippen LogP contribution in [0.1, 0.15) is 11.5 Å². The molecule has 1 aromatic heterocycles. The maximum Gasteiger partial charge on any atom is 0.108 e. The predicted molar refractivity (Wildman–Crippen MR) is 40.2 cm³/mol. The molecule has 1 aromatic rings. The molecule has 0 atom stereocenters. The molecule has 1 heterocycles. The fourth-order valence-corrected chi connectivity index (χ4v) is 0.886. The molecule has 1 rings (SSSR count). The highest BCUT2D eigenvalue weighted by atomic mass is 16.3. The Labute approximate surface area is 64.9 Å². The molecule has 0 aromatic carbocycles. The minimum Gasteiger partial charge on any atom is -0.396 e. The van der Waals surface area contributed by atoms with Crippen molar-refractivity contribution >= 4 is 0 Å². The number of aliphatic hydroxyl groups excluding tert-OH is 2. The summed E-state index contributed by atoms with van der Waals surface area (Å²) >= 11 is 0. The molecule has 0 fully saturated rings. The molecular formula is C7H12N2O2. The average Bonchev–Trinajstić information content (AvgIpc) is 2.38. The first-order valence-corrected chi connectivity index (χ1v) is 3.61. The van der Waals surface area contributed by atoms with E-state index in [-0.39, 0.29) is 13.2 Å². The number of hydrogen-bond donors (Lipinski definition) is 3. The summed E-state index contributed by atoms with van der Waals surface area (Å²) in [5, 5.41) is 17.1. The van der Waals surface area contributed by atoms with Crippen LogP contribution in [0.15, 0.2) is 6.20 Å². The normalized spacial score (nSPS) is 10.4. The van der Waals surface area contributed by atoms with Gasteiger partial charge in [0.2, 0.25) is 0 Å². The van der Waals surface area contributed by atoms with Crippen molar-refractivity contribution in [3.05, 3.63) is 17.7 Å². The summed E-state index contributed by atoms with van der Waals surface area (Å²) in [4.78, 5) is 6.98. The first-order chi connectivity index (χ1) is 5.36. The average molecular weight is 156 g/mol. The molecule has 0 amide bonds. The van der Waals surface area contributed by atoms with Crippen LogP contribution in [0.2, 0.25) is 0 Å². The second-order valence-corrected chi connectivity index (χ2v) is 2.30. The molecule has 0 aliphatic rings. The summed E-state index contributed by atoms with van der Waals surface area (Å²) in [6, 6.07) is 0. The van der Waals surface area contributed by atoms with Crippen molar-refractivity contribution < 1.29 is 10.2 Å². The second kappa shape index (κ2) is 4.10. The van der Waals surface area contributed by atoms with E-state index in [9.17, 15) is 0 Å². The van der Waals surface area contributed by atoms with Crippen LogP contribution < -0.4 is 0 Å². The molecule has 0 aliphatic carbocycles. The predicted octanol–water partition coefficient (Wildman–Crippen LogP) is -0.521. The summed E-state index contributed by atoms with van der Waals surface area (Å²) in [5.41, 5.74) is 0.913. The number of rotatable bonds is 4. The maximum absolute atomic E-state index is 8.56. The molecular weight excluding hydrogens is 144 g/mol. The molecule has 62 valence electrons. The zero-order chi connectivity index (χ0) is 8.10. The fourth-order valence-electron chi connectivity index (χ4n) is 0.886. The van der Waals surface area contributed by atoms with Crippen molar-refractivity contribution in [3.8, 4) is 0 Å². The Morgan fingerprint density at radius 2 is 2.00 bits per heavy atom. The van der Waals surface area contributed by atoms with E-state index in [1.165, 1.54) is 0 Å². The number of aromatic amines is 1. The van der Waals surface area contributed by atoms with Gasteiger partial charge in [-0.3, -0.25) is 0 Å². The number of H-pyrrole nitrogens is 1. The third-order valence-electron chi connectivity index (χ3n) is 1.41. The molecule has 0 saturated heterocycles. The van der Waals surface area contributed by atoms with Crippen molar-refractivity contribution in [3.63, 3.8) is 0 Å². The lowest BCUT2D eigenvalue weighted by Crippen LogP contribution is -1.94. The van der Waals surface area contributed by atoms with Gasteiger partial charge in [-0.2, -0.15) is 0 Å². The molecule has 4 nitrogen and oxygen atoms in total. The Kier molecular flexibility index (Phi) is 3.07. The van der Waals surface area contributed by atoms with Crippen LogP contribution in [0.5, 0.6) is 0 Å². The number of imidazole rings is 1. The monoisotopic (exact) mass is 156 g/mol. The molecule has 0 aliphatic heterocycles. The van der Waals surface area contributed by atoms with Crippen LogP contribution in [-0.4, -0.2) is 33.4 Å². The third kappa shape index (κ3) is 2.32. The minimum absolute atomic E-state index is 0.103. The Balaban J connectivity index is 2.51. The van der Waals surface area contributed by atoms with E-state index in [1.807, 2.05) is 0 Å².